The minimum absolute atomic E-state index is 0.189. The molecule has 0 aliphatic heterocycles. The second-order valence-electron chi connectivity index (χ2n) is 6.49. The summed E-state index contributed by atoms with van der Waals surface area (Å²) in [6.45, 7) is 5.02. The SMILES string of the molecule is CC(C)(C)OC(=O)NC(c1ccnc(Br)n1)C(O)c1cc(F)ccc1F. The second-order valence-corrected chi connectivity index (χ2v) is 7.19. The van der Waals surface area contributed by atoms with E-state index in [1.54, 1.807) is 20.8 Å². The molecule has 2 unspecified atom stereocenters. The predicted octanol–water partition coefficient (Wildman–Crippen LogP) is 3.82. The van der Waals surface area contributed by atoms with E-state index in [1.165, 1.54) is 12.3 Å². The molecule has 1 aromatic heterocycles. The molecule has 0 spiro atoms. The molecule has 0 saturated heterocycles. The van der Waals surface area contributed by atoms with Gasteiger partial charge in [-0.25, -0.2) is 23.5 Å². The summed E-state index contributed by atoms with van der Waals surface area (Å²) in [6, 6.07) is 2.94. The van der Waals surface area contributed by atoms with Gasteiger partial charge in [-0.05, 0) is 61.0 Å². The van der Waals surface area contributed by atoms with Crippen molar-refractivity contribution in [1.29, 1.82) is 0 Å². The first-order valence-electron chi connectivity index (χ1n) is 7.68. The van der Waals surface area contributed by atoms with Crippen LogP contribution in [0.4, 0.5) is 13.6 Å². The summed E-state index contributed by atoms with van der Waals surface area (Å²) in [5.74, 6) is -1.54. The zero-order valence-electron chi connectivity index (χ0n) is 14.3. The molecule has 1 aromatic carbocycles. The molecular formula is C17H18BrF2N3O3. The van der Waals surface area contributed by atoms with Gasteiger partial charge in [-0.1, -0.05) is 0 Å². The largest absolute Gasteiger partial charge is 0.444 e. The molecule has 2 aromatic rings. The Kier molecular flexibility index (Phi) is 6.25. The van der Waals surface area contributed by atoms with Gasteiger partial charge >= 0.3 is 6.09 Å². The Morgan fingerprint density at radius 3 is 2.62 bits per heavy atom. The highest BCUT2D eigenvalue weighted by atomic mass is 79.9. The van der Waals surface area contributed by atoms with Crippen LogP contribution in [0, 0.1) is 11.6 Å². The van der Waals surface area contributed by atoms with Crippen LogP contribution in [0.5, 0.6) is 0 Å². The van der Waals surface area contributed by atoms with Crippen LogP contribution < -0.4 is 5.32 Å². The van der Waals surface area contributed by atoms with Crippen LogP contribution in [-0.4, -0.2) is 26.8 Å². The summed E-state index contributed by atoms with van der Waals surface area (Å²) in [5.41, 5.74) is -0.912. The number of ether oxygens (including phenoxy) is 1. The maximum Gasteiger partial charge on any atom is 0.408 e. The van der Waals surface area contributed by atoms with Gasteiger partial charge in [0.2, 0.25) is 0 Å². The van der Waals surface area contributed by atoms with Crippen LogP contribution in [0.1, 0.15) is 44.2 Å². The number of nitrogens with one attached hydrogen (secondary N) is 1. The Morgan fingerprint density at radius 2 is 2.00 bits per heavy atom. The number of rotatable bonds is 4. The van der Waals surface area contributed by atoms with Gasteiger partial charge in [0.05, 0.1) is 5.69 Å². The lowest BCUT2D eigenvalue weighted by Gasteiger charge is -2.26. The third-order valence-corrected chi connectivity index (χ3v) is 3.61. The fourth-order valence-electron chi connectivity index (χ4n) is 2.19. The van der Waals surface area contributed by atoms with Crippen molar-refractivity contribution < 1.29 is 23.4 Å². The number of amides is 1. The van der Waals surface area contributed by atoms with Gasteiger partial charge in [-0.2, -0.15) is 0 Å². The van der Waals surface area contributed by atoms with Crippen molar-refractivity contribution in [2.24, 2.45) is 0 Å². The quantitative estimate of drug-likeness (QED) is 0.721. The molecule has 26 heavy (non-hydrogen) atoms. The van der Waals surface area contributed by atoms with Crippen LogP contribution in [0.25, 0.3) is 0 Å². The lowest BCUT2D eigenvalue weighted by Crippen LogP contribution is -2.38. The first kappa shape index (κ1) is 20.2. The summed E-state index contributed by atoms with van der Waals surface area (Å²) in [6.07, 6.45) is -1.06. The van der Waals surface area contributed by atoms with Crippen molar-refractivity contribution in [2.45, 2.75) is 38.5 Å². The minimum atomic E-state index is -1.61. The summed E-state index contributed by atoms with van der Waals surface area (Å²) in [7, 11) is 0. The average Bonchev–Trinajstić information content (AvgIpc) is 2.52. The van der Waals surface area contributed by atoms with E-state index in [0.29, 0.717) is 0 Å². The predicted molar refractivity (Wildman–Crippen MR) is 93.2 cm³/mol. The number of aromatic nitrogens is 2. The van der Waals surface area contributed by atoms with Crippen molar-refractivity contribution in [1.82, 2.24) is 15.3 Å². The third kappa shape index (κ3) is 5.43. The Balaban J connectivity index is 2.39. The van der Waals surface area contributed by atoms with Crippen LogP contribution in [-0.2, 0) is 4.74 Å². The zero-order chi connectivity index (χ0) is 19.5. The van der Waals surface area contributed by atoms with E-state index < -0.39 is 35.5 Å². The van der Waals surface area contributed by atoms with Crippen molar-refractivity contribution >= 4 is 22.0 Å². The van der Waals surface area contributed by atoms with E-state index >= 15 is 0 Å². The highest BCUT2D eigenvalue weighted by Crippen LogP contribution is 2.30. The average molecular weight is 430 g/mol. The smallest absolute Gasteiger partial charge is 0.408 e. The van der Waals surface area contributed by atoms with Gasteiger partial charge in [0.15, 0.2) is 4.73 Å². The van der Waals surface area contributed by atoms with E-state index in [-0.39, 0.29) is 16.0 Å². The van der Waals surface area contributed by atoms with Crippen LogP contribution in [0.15, 0.2) is 35.2 Å². The van der Waals surface area contributed by atoms with Gasteiger partial charge in [0, 0.05) is 11.8 Å². The number of aliphatic hydroxyl groups is 1. The number of nitrogens with zero attached hydrogens (tertiary/aromatic N) is 2. The molecule has 0 saturated carbocycles. The fourth-order valence-corrected chi connectivity index (χ4v) is 2.51. The zero-order valence-corrected chi connectivity index (χ0v) is 15.9. The molecule has 0 bridgehead atoms. The highest BCUT2D eigenvalue weighted by molar-refractivity contribution is 9.10. The van der Waals surface area contributed by atoms with Crippen molar-refractivity contribution in [3.8, 4) is 0 Å². The molecule has 2 rings (SSSR count). The van der Waals surface area contributed by atoms with Crippen molar-refractivity contribution in [3.05, 3.63) is 58.1 Å². The maximum absolute atomic E-state index is 14.1. The number of benzene rings is 1. The molecule has 0 radical (unpaired) electrons. The van der Waals surface area contributed by atoms with Gasteiger partial charge in [0.25, 0.3) is 0 Å². The van der Waals surface area contributed by atoms with E-state index in [2.05, 4.69) is 31.2 Å². The Labute approximate surface area is 157 Å². The van der Waals surface area contributed by atoms with E-state index in [0.717, 1.165) is 18.2 Å². The fraction of sp³-hybridized carbons (Fsp3) is 0.353. The normalized spacial score (nSPS) is 13.8. The van der Waals surface area contributed by atoms with Gasteiger partial charge in [-0.15, -0.1) is 0 Å². The minimum Gasteiger partial charge on any atom is -0.444 e. The monoisotopic (exact) mass is 429 g/mol. The van der Waals surface area contributed by atoms with Crippen molar-refractivity contribution in [2.75, 3.05) is 0 Å². The van der Waals surface area contributed by atoms with Crippen LogP contribution in [0.3, 0.4) is 0 Å². The lowest BCUT2D eigenvalue weighted by molar-refractivity contribution is 0.0411. The molecule has 2 atom stereocenters. The van der Waals surface area contributed by atoms with Gasteiger partial charge in [-0.3, -0.25) is 0 Å². The summed E-state index contributed by atoms with van der Waals surface area (Å²) < 4.78 is 33.0. The number of aliphatic hydroxyl groups excluding tert-OH is 1. The standard InChI is InChI=1S/C17H18BrF2N3O3/c1-17(2,3)26-16(25)23-13(12-6-7-21-15(18)22-12)14(24)10-8-9(19)4-5-11(10)20/h4-8,13-14,24H,1-3H3,(H,23,25). The molecule has 2 N–H and O–H groups in total. The van der Waals surface area contributed by atoms with Gasteiger partial charge < -0.3 is 15.2 Å². The topological polar surface area (TPSA) is 84.3 Å². The third-order valence-electron chi connectivity index (χ3n) is 3.23. The molecule has 1 amide bonds. The van der Waals surface area contributed by atoms with E-state index in [9.17, 15) is 18.7 Å². The van der Waals surface area contributed by atoms with Crippen LogP contribution >= 0.6 is 15.9 Å². The first-order valence-corrected chi connectivity index (χ1v) is 8.47. The molecule has 140 valence electrons. The van der Waals surface area contributed by atoms with E-state index in [4.69, 9.17) is 4.74 Å². The molecule has 0 aliphatic rings. The number of hydrogen-bond acceptors (Lipinski definition) is 5. The molecule has 9 heteroatoms. The van der Waals surface area contributed by atoms with Crippen molar-refractivity contribution in [3.63, 3.8) is 0 Å². The molecule has 0 aliphatic carbocycles. The number of hydrogen-bond donors (Lipinski definition) is 2. The Morgan fingerprint density at radius 1 is 1.31 bits per heavy atom. The molecule has 1 heterocycles. The summed E-state index contributed by atoms with van der Waals surface area (Å²) in [4.78, 5) is 20.1. The Bertz CT molecular complexity index is 799. The first-order chi connectivity index (χ1) is 12.1. The molecule has 0 fully saturated rings. The Hall–Kier alpha value is -2.13. The molecule has 6 nitrogen and oxygen atoms in total. The lowest BCUT2D eigenvalue weighted by atomic mass is 9.99. The van der Waals surface area contributed by atoms with E-state index in [1.807, 2.05) is 0 Å². The summed E-state index contributed by atoms with van der Waals surface area (Å²) in [5, 5.41) is 13.1. The van der Waals surface area contributed by atoms with Gasteiger partial charge in [0.1, 0.15) is 29.4 Å². The number of carbonyl (C=O) groups is 1. The summed E-state index contributed by atoms with van der Waals surface area (Å²) >= 11 is 3.10. The number of carbonyl (C=O) groups excluding carboxylic acids is 1. The molecular weight excluding hydrogens is 412 g/mol. The number of alkyl carbamates (subject to hydrolysis) is 1. The second kappa shape index (κ2) is 8.05. The maximum atomic E-state index is 14.1. The highest BCUT2D eigenvalue weighted by Gasteiger charge is 2.30. The van der Waals surface area contributed by atoms with Crippen LogP contribution in [0.2, 0.25) is 0 Å². The number of halogens is 3.